The molecule has 2 aromatic carbocycles. The molecule has 0 aliphatic rings. The van der Waals surface area contributed by atoms with E-state index in [4.69, 9.17) is 21.3 Å². The van der Waals surface area contributed by atoms with Crippen molar-refractivity contribution in [3.05, 3.63) is 82.0 Å². The van der Waals surface area contributed by atoms with E-state index in [1.54, 1.807) is 41.8 Å². The Bertz CT molecular complexity index is 1410. The smallest absolute Gasteiger partial charge is 0.429 e. The van der Waals surface area contributed by atoms with E-state index < -0.39 is 24.3 Å². The summed E-state index contributed by atoms with van der Waals surface area (Å²) in [5.74, 6) is -1.71. The molecule has 11 heteroatoms. The second-order valence-corrected chi connectivity index (χ2v) is 9.48. The van der Waals surface area contributed by atoms with Crippen LogP contribution in [-0.4, -0.2) is 33.3 Å². The van der Waals surface area contributed by atoms with Gasteiger partial charge in [-0.25, -0.2) is 4.98 Å². The van der Waals surface area contributed by atoms with Gasteiger partial charge in [0.05, 0.1) is 5.69 Å². The van der Waals surface area contributed by atoms with E-state index in [0.717, 1.165) is 4.88 Å². The first-order valence-corrected chi connectivity index (χ1v) is 12.0. The molecule has 1 unspecified atom stereocenters. The Kier molecular flexibility index (Phi) is 7.46. The summed E-state index contributed by atoms with van der Waals surface area (Å²) in [6.45, 7) is 1.88. The van der Waals surface area contributed by atoms with Crippen LogP contribution in [-0.2, 0) is 11.2 Å². The van der Waals surface area contributed by atoms with E-state index in [9.17, 15) is 18.0 Å². The van der Waals surface area contributed by atoms with Crippen molar-refractivity contribution in [3.8, 4) is 28.3 Å². The average Bonchev–Trinajstić information content (AvgIpc) is 3.28. The fourth-order valence-electron chi connectivity index (χ4n) is 3.80. The minimum absolute atomic E-state index is 0.0503. The van der Waals surface area contributed by atoms with E-state index >= 15 is 0 Å². The van der Waals surface area contributed by atoms with Crippen molar-refractivity contribution in [2.75, 3.05) is 5.73 Å². The number of nitrogen functional groups attached to an aromatic ring is 1. The number of aryl methyl sites for hydroxylation is 1. The molecule has 0 bridgehead atoms. The molecule has 4 aromatic rings. The highest BCUT2D eigenvalue weighted by molar-refractivity contribution is 7.10. The van der Waals surface area contributed by atoms with Crippen LogP contribution in [0.25, 0.3) is 22.4 Å². The van der Waals surface area contributed by atoms with E-state index in [1.165, 1.54) is 29.5 Å². The number of aromatic nitrogens is 2. The highest BCUT2D eigenvalue weighted by Crippen LogP contribution is 2.41. The maximum Gasteiger partial charge on any atom is 0.429 e. The lowest BCUT2D eigenvalue weighted by Crippen LogP contribution is -2.32. The summed E-state index contributed by atoms with van der Waals surface area (Å²) in [6.07, 6.45) is -6.93. The van der Waals surface area contributed by atoms with Crippen molar-refractivity contribution >= 4 is 23.3 Å². The van der Waals surface area contributed by atoms with Crippen LogP contribution in [0.2, 0.25) is 0 Å². The lowest BCUT2D eigenvalue weighted by molar-refractivity contribution is -0.198. The number of carboxylic acids is 1. The van der Waals surface area contributed by atoms with Gasteiger partial charge < -0.3 is 21.3 Å². The maximum absolute atomic E-state index is 14.3. The quantitative estimate of drug-likeness (QED) is 0.280. The molecule has 0 saturated heterocycles. The normalized spacial score (nSPS) is 13.2. The van der Waals surface area contributed by atoms with Crippen LogP contribution in [0.3, 0.4) is 0 Å². The number of anilines is 1. The molecule has 37 heavy (non-hydrogen) atoms. The lowest BCUT2D eigenvalue weighted by atomic mass is 9.97. The first-order valence-electron chi connectivity index (χ1n) is 11.1. The van der Waals surface area contributed by atoms with Crippen LogP contribution < -0.4 is 16.2 Å². The van der Waals surface area contributed by atoms with Crippen LogP contribution in [0.1, 0.15) is 22.1 Å². The summed E-state index contributed by atoms with van der Waals surface area (Å²) >= 11 is 1.44. The van der Waals surface area contributed by atoms with Crippen LogP contribution in [0, 0.1) is 6.92 Å². The van der Waals surface area contributed by atoms with Gasteiger partial charge in [-0.05, 0) is 41.5 Å². The monoisotopic (exact) mass is 528 g/mol. The minimum Gasteiger partial charge on any atom is -0.480 e. The van der Waals surface area contributed by atoms with Crippen molar-refractivity contribution in [3.63, 3.8) is 0 Å². The molecule has 2 heterocycles. The Balaban J connectivity index is 1.66. The number of aliphatic carboxylic acids is 1. The molecule has 0 radical (unpaired) electrons. The first kappa shape index (κ1) is 26.1. The number of nitrogens with two attached hydrogens (primary N) is 2. The van der Waals surface area contributed by atoms with Gasteiger partial charge in [0.25, 0.3) is 0 Å². The van der Waals surface area contributed by atoms with Gasteiger partial charge in [0, 0.05) is 22.1 Å². The molecule has 5 N–H and O–H groups in total. The molecule has 4 rings (SSSR count). The largest absolute Gasteiger partial charge is 0.480 e. The van der Waals surface area contributed by atoms with Gasteiger partial charge in [-0.1, -0.05) is 48.5 Å². The molecular weight excluding hydrogens is 505 g/mol. The fraction of sp³-hybridized carbons (Fsp3) is 0.192. The summed E-state index contributed by atoms with van der Waals surface area (Å²) in [5, 5.41) is 10.8. The Labute approximate surface area is 214 Å². The Hall–Kier alpha value is -3.96. The number of rotatable bonds is 8. The standard InChI is InChI=1S/C26H23F3N4O3S/c1-14-10-17(13-37-14)18-4-2-3-5-19(18)23(26(27,28)29)36-22-12-21(32-25(31)33-22)16-8-6-15(7-9-16)11-20(30)24(34)35/h2-10,12-13,20,23H,11,30H2,1H3,(H,34,35)(H2,31,32,33)/t20?,23-/m0/s1. The predicted octanol–water partition coefficient (Wildman–Crippen LogP) is 5.40. The molecule has 0 fully saturated rings. The second kappa shape index (κ2) is 10.6. The predicted molar refractivity (Wildman–Crippen MR) is 135 cm³/mol. The molecule has 192 valence electrons. The van der Waals surface area contributed by atoms with Crippen molar-refractivity contribution in [2.45, 2.75) is 31.7 Å². The number of nitrogens with zero attached hydrogens (tertiary/aromatic N) is 2. The van der Waals surface area contributed by atoms with E-state index in [0.29, 0.717) is 22.3 Å². The highest BCUT2D eigenvalue weighted by atomic mass is 32.1. The number of ether oxygens (including phenoxy) is 1. The van der Waals surface area contributed by atoms with E-state index in [2.05, 4.69) is 9.97 Å². The van der Waals surface area contributed by atoms with Gasteiger partial charge in [-0.3, -0.25) is 4.79 Å². The van der Waals surface area contributed by atoms with Gasteiger partial charge in [0.2, 0.25) is 17.9 Å². The lowest BCUT2D eigenvalue weighted by Gasteiger charge is -2.24. The van der Waals surface area contributed by atoms with Crippen LogP contribution in [0.15, 0.2) is 66.0 Å². The first-order chi connectivity index (χ1) is 17.5. The number of alkyl halides is 3. The van der Waals surface area contributed by atoms with Gasteiger partial charge in [0.1, 0.15) is 6.04 Å². The zero-order chi connectivity index (χ0) is 26.7. The summed E-state index contributed by atoms with van der Waals surface area (Å²) in [7, 11) is 0. The Morgan fingerprint density at radius 1 is 1.08 bits per heavy atom. The SMILES string of the molecule is Cc1cc(-c2ccccc2[C@H](Oc2cc(-c3ccc(CC(N)C(=O)O)cc3)nc(N)n2)C(F)(F)F)cs1. The third-order valence-corrected chi connectivity index (χ3v) is 6.42. The molecule has 0 saturated carbocycles. The number of hydrogen-bond acceptors (Lipinski definition) is 7. The number of carbonyl (C=O) groups is 1. The highest BCUT2D eigenvalue weighted by Gasteiger charge is 2.44. The fourth-order valence-corrected chi connectivity index (χ4v) is 4.51. The van der Waals surface area contributed by atoms with Crippen LogP contribution in [0.5, 0.6) is 5.88 Å². The van der Waals surface area contributed by atoms with Crippen LogP contribution in [0.4, 0.5) is 19.1 Å². The molecule has 0 amide bonds. The Morgan fingerprint density at radius 3 is 2.41 bits per heavy atom. The number of hydrogen-bond donors (Lipinski definition) is 3. The third kappa shape index (κ3) is 6.25. The summed E-state index contributed by atoms with van der Waals surface area (Å²) in [4.78, 5) is 20.0. The van der Waals surface area contributed by atoms with Crippen molar-refractivity contribution < 1.29 is 27.8 Å². The molecular formula is C26H23F3N4O3S. The molecule has 0 aliphatic carbocycles. The second-order valence-electron chi connectivity index (χ2n) is 8.37. The summed E-state index contributed by atoms with van der Waals surface area (Å²) in [6, 6.07) is 14.9. The number of thiophene rings is 1. The van der Waals surface area contributed by atoms with Gasteiger partial charge in [-0.15, -0.1) is 11.3 Å². The zero-order valence-electron chi connectivity index (χ0n) is 19.6. The van der Waals surface area contributed by atoms with Crippen LogP contribution >= 0.6 is 11.3 Å². The van der Waals surface area contributed by atoms with Gasteiger partial charge in [0.15, 0.2) is 0 Å². The zero-order valence-corrected chi connectivity index (χ0v) is 20.4. The van der Waals surface area contributed by atoms with Crippen molar-refractivity contribution in [1.82, 2.24) is 9.97 Å². The summed E-state index contributed by atoms with van der Waals surface area (Å²) < 4.78 is 48.3. The Morgan fingerprint density at radius 2 is 1.78 bits per heavy atom. The molecule has 0 aliphatic heterocycles. The van der Waals surface area contributed by atoms with E-state index in [1.807, 2.05) is 13.0 Å². The molecule has 0 spiro atoms. The summed E-state index contributed by atoms with van der Waals surface area (Å²) in [5.41, 5.74) is 13.9. The maximum atomic E-state index is 14.3. The van der Waals surface area contributed by atoms with Crippen molar-refractivity contribution in [1.29, 1.82) is 0 Å². The molecule has 2 atom stereocenters. The number of benzene rings is 2. The van der Waals surface area contributed by atoms with Gasteiger partial charge >= 0.3 is 12.1 Å². The molecule has 2 aromatic heterocycles. The number of halogens is 3. The number of carboxylic acid groups (broad SMARTS) is 1. The topological polar surface area (TPSA) is 124 Å². The van der Waals surface area contributed by atoms with E-state index in [-0.39, 0.29) is 29.5 Å². The van der Waals surface area contributed by atoms with Crippen molar-refractivity contribution in [2.24, 2.45) is 5.73 Å². The minimum atomic E-state index is -4.74. The van der Waals surface area contributed by atoms with Gasteiger partial charge in [-0.2, -0.15) is 18.2 Å². The third-order valence-electron chi connectivity index (χ3n) is 5.56. The average molecular weight is 529 g/mol. The molecule has 7 nitrogen and oxygen atoms in total.